The summed E-state index contributed by atoms with van der Waals surface area (Å²) >= 11 is 5.93. The molecule has 0 radical (unpaired) electrons. The lowest BCUT2D eigenvalue weighted by Gasteiger charge is -2.39. The molecule has 36 heavy (non-hydrogen) atoms. The fraction of sp³-hybridized carbons (Fsp3) is 0.500. The van der Waals surface area contributed by atoms with Crippen LogP contribution >= 0.6 is 11.6 Å². The van der Waals surface area contributed by atoms with E-state index in [9.17, 15) is 19.7 Å². The molecule has 0 N–H and O–H groups in total. The number of carbonyl (C=O) groups is 2. The number of likely N-dealkylation sites (tertiary alicyclic amines) is 1. The van der Waals surface area contributed by atoms with Gasteiger partial charge in [0.15, 0.2) is 0 Å². The Hall–Kier alpha value is -3.34. The number of nitrogens with zero attached hydrogens (tertiary/aromatic N) is 5. The Morgan fingerprint density at radius 3 is 2.39 bits per heavy atom. The Balaban J connectivity index is 1.69. The van der Waals surface area contributed by atoms with Gasteiger partial charge < -0.3 is 9.64 Å². The molecular formula is C24H29ClFN5O5. The van der Waals surface area contributed by atoms with Crippen molar-refractivity contribution in [3.05, 3.63) is 62.7 Å². The Morgan fingerprint density at radius 1 is 1.25 bits per heavy atom. The van der Waals surface area contributed by atoms with Crippen LogP contribution in [-0.4, -0.2) is 67.6 Å². The first-order valence-electron chi connectivity index (χ1n) is 11.4. The largest absolute Gasteiger partial charge is 0.444 e. The van der Waals surface area contributed by atoms with Crippen molar-refractivity contribution in [2.45, 2.75) is 58.4 Å². The molecule has 2 heterocycles. The highest BCUT2D eigenvalue weighted by Gasteiger charge is 2.40. The summed E-state index contributed by atoms with van der Waals surface area (Å²) in [5.41, 5.74) is -1.78. The highest BCUT2D eigenvalue weighted by atomic mass is 35.5. The minimum atomic E-state index is -1.76. The molecule has 0 spiro atoms. The van der Waals surface area contributed by atoms with Crippen LogP contribution in [0.3, 0.4) is 0 Å². The Bertz CT molecular complexity index is 1130. The van der Waals surface area contributed by atoms with Gasteiger partial charge in [-0.2, -0.15) is 0 Å². The van der Waals surface area contributed by atoms with Gasteiger partial charge in [-0.3, -0.25) is 19.8 Å². The summed E-state index contributed by atoms with van der Waals surface area (Å²) in [6, 6.07) is 3.74. The summed E-state index contributed by atoms with van der Waals surface area (Å²) in [6.45, 7) is 6.96. The molecule has 0 aliphatic carbocycles. The molecule has 2 aromatic rings. The summed E-state index contributed by atoms with van der Waals surface area (Å²) in [7, 11) is 0. The molecule has 12 heteroatoms. The number of benzene rings is 1. The lowest BCUT2D eigenvalue weighted by molar-refractivity contribution is -0.384. The average molecular weight is 522 g/mol. The number of alkyl halides is 1. The van der Waals surface area contributed by atoms with Gasteiger partial charge in [-0.05, 0) is 45.4 Å². The van der Waals surface area contributed by atoms with E-state index < -0.39 is 28.2 Å². The lowest BCUT2D eigenvalue weighted by Crippen LogP contribution is -2.51. The van der Waals surface area contributed by atoms with Crippen LogP contribution in [0.2, 0.25) is 5.02 Å². The molecule has 1 aliphatic heterocycles. The van der Waals surface area contributed by atoms with E-state index in [-0.39, 0.29) is 55.3 Å². The second-order valence-corrected chi connectivity index (χ2v) is 10.3. The van der Waals surface area contributed by atoms with Gasteiger partial charge in [0.1, 0.15) is 22.1 Å². The van der Waals surface area contributed by atoms with E-state index in [1.165, 1.54) is 28.0 Å². The molecule has 2 amide bonds. The molecule has 1 fully saturated rings. The lowest BCUT2D eigenvalue weighted by atomic mass is 9.92. The van der Waals surface area contributed by atoms with Crippen molar-refractivity contribution in [2.24, 2.45) is 0 Å². The second-order valence-electron chi connectivity index (χ2n) is 9.88. The van der Waals surface area contributed by atoms with Crippen molar-refractivity contribution in [1.29, 1.82) is 0 Å². The third-order valence-electron chi connectivity index (χ3n) is 5.63. The summed E-state index contributed by atoms with van der Waals surface area (Å²) < 4.78 is 21.4. The number of hydrogen-bond donors (Lipinski definition) is 0. The first-order valence-corrected chi connectivity index (χ1v) is 11.8. The normalized spacial score (nSPS) is 15.3. The van der Waals surface area contributed by atoms with Gasteiger partial charge >= 0.3 is 6.09 Å². The first-order chi connectivity index (χ1) is 16.8. The molecule has 0 atom stereocenters. The van der Waals surface area contributed by atoms with E-state index in [0.717, 1.165) is 5.56 Å². The van der Waals surface area contributed by atoms with Crippen LogP contribution in [-0.2, 0) is 11.3 Å². The Morgan fingerprint density at radius 2 is 1.86 bits per heavy atom. The van der Waals surface area contributed by atoms with Crippen molar-refractivity contribution < 1.29 is 23.6 Å². The van der Waals surface area contributed by atoms with Crippen LogP contribution in [0.5, 0.6) is 0 Å². The van der Waals surface area contributed by atoms with E-state index >= 15 is 4.39 Å². The zero-order valence-electron chi connectivity index (χ0n) is 20.7. The van der Waals surface area contributed by atoms with Crippen molar-refractivity contribution in [2.75, 3.05) is 19.6 Å². The van der Waals surface area contributed by atoms with E-state index in [4.69, 9.17) is 16.3 Å². The Labute approximate surface area is 213 Å². The van der Waals surface area contributed by atoms with E-state index in [1.807, 2.05) is 6.92 Å². The zero-order valence-corrected chi connectivity index (χ0v) is 21.4. The Kier molecular flexibility index (Phi) is 8.12. The van der Waals surface area contributed by atoms with Crippen molar-refractivity contribution in [3.8, 4) is 0 Å². The van der Waals surface area contributed by atoms with Gasteiger partial charge in [0, 0.05) is 50.0 Å². The topological polar surface area (TPSA) is 119 Å². The molecule has 1 aliphatic rings. The SMILES string of the molecule is Cc1cnc(CN(CC2(F)CCN(C(=O)c3ccc([N+](=O)[O-])c(Cl)c3)CC2)C(=O)OC(C)(C)C)nc1. The summed E-state index contributed by atoms with van der Waals surface area (Å²) in [4.78, 5) is 47.2. The number of aromatic nitrogens is 2. The fourth-order valence-corrected chi connectivity index (χ4v) is 4.01. The summed E-state index contributed by atoms with van der Waals surface area (Å²) in [5, 5.41) is 10.8. The number of ether oxygens (including phenoxy) is 1. The quantitative estimate of drug-likeness (QED) is 0.398. The maximum Gasteiger partial charge on any atom is 0.410 e. The number of hydrogen-bond acceptors (Lipinski definition) is 7. The van der Waals surface area contributed by atoms with E-state index in [0.29, 0.717) is 5.82 Å². The molecule has 3 rings (SSSR count). The van der Waals surface area contributed by atoms with Crippen LogP contribution < -0.4 is 0 Å². The number of aryl methyl sites for hydroxylation is 1. The van der Waals surface area contributed by atoms with Gasteiger partial charge in [-0.25, -0.2) is 19.2 Å². The van der Waals surface area contributed by atoms with Gasteiger partial charge in [0.2, 0.25) is 0 Å². The molecule has 194 valence electrons. The van der Waals surface area contributed by atoms with E-state index in [2.05, 4.69) is 9.97 Å². The van der Waals surface area contributed by atoms with Gasteiger partial charge in [-0.1, -0.05) is 11.6 Å². The molecule has 0 saturated carbocycles. The predicted molar refractivity (Wildman–Crippen MR) is 130 cm³/mol. The van der Waals surface area contributed by atoms with Crippen LogP contribution in [0.25, 0.3) is 0 Å². The number of nitro benzene ring substituents is 1. The monoisotopic (exact) mass is 521 g/mol. The summed E-state index contributed by atoms with van der Waals surface area (Å²) in [5.74, 6) is -0.0383. The first kappa shape index (κ1) is 27.3. The number of carbonyl (C=O) groups excluding carboxylic acids is 2. The van der Waals surface area contributed by atoms with Gasteiger partial charge in [0.25, 0.3) is 11.6 Å². The maximum absolute atomic E-state index is 15.9. The number of nitro groups is 1. The highest BCUT2D eigenvalue weighted by Crippen LogP contribution is 2.31. The fourth-order valence-electron chi connectivity index (χ4n) is 3.76. The number of rotatable bonds is 6. The standard InChI is InChI=1S/C24H29ClFN5O5/c1-16-12-27-20(28-13-16)14-30(22(33)36-23(2,3)4)15-24(26)7-9-29(10-8-24)21(32)17-5-6-19(31(34)35)18(25)11-17/h5-6,11-13H,7-10,14-15H2,1-4H3. The molecule has 1 aromatic carbocycles. The number of piperidine rings is 1. The zero-order chi connectivity index (χ0) is 26.7. The van der Waals surface area contributed by atoms with Crippen LogP contribution in [0.15, 0.2) is 30.6 Å². The minimum absolute atomic E-state index is 0.00644. The smallest absolute Gasteiger partial charge is 0.410 e. The number of amides is 2. The van der Waals surface area contributed by atoms with Gasteiger partial charge in [-0.15, -0.1) is 0 Å². The van der Waals surface area contributed by atoms with Crippen LogP contribution in [0, 0.1) is 17.0 Å². The maximum atomic E-state index is 15.9. The summed E-state index contributed by atoms with van der Waals surface area (Å²) in [6.07, 6.45) is 2.55. The highest BCUT2D eigenvalue weighted by molar-refractivity contribution is 6.33. The predicted octanol–water partition coefficient (Wildman–Crippen LogP) is 4.73. The molecule has 10 nitrogen and oxygen atoms in total. The van der Waals surface area contributed by atoms with Crippen LogP contribution in [0.1, 0.15) is 55.4 Å². The van der Waals surface area contributed by atoms with E-state index in [1.54, 1.807) is 33.2 Å². The van der Waals surface area contributed by atoms with Gasteiger partial charge in [0.05, 0.1) is 18.0 Å². The number of halogens is 2. The van der Waals surface area contributed by atoms with Crippen LogP contribution in [0.4, 0.5) is 14.9 Å². The molecule has 1 saturated heterocycles. The molecule has 0 unspecified atom stereocenters. The third-order valence-corrected chi connectivity index (χ3v) is 5.93. The molecular weight excluding hydrogens is 493 g/mol. The third kappa shape index (κ3) is 7.09. The minimum Gasteiger partial charge on any atom is -0.444 e. The molecule has 0 bridgehead atoms. The molecule has 1 aromatic heterocycles. The van der Waals surface area contributed by atoms with Crippen molar-refractivity contribution in [1.82, 2.24) is 19.8 Å². The second kappa shape index (κ2) is 10.7. The average Bonchev–Trinajstić information content (AvgIpc) is 2.78. The van der Waals surface area contributed by atoms with Crippen molar-refractivity contribution >= 4 is 29.3 Å². The van der Waals surface area contributed by atoms with Crippen molar-refractivity contribution in [3.63, 3.8) is 0 Å².